The van der Waals surface area contributed by atoms with Gasteiger partial charge in [-0.1, -0.05) is 53.3 Å². The van der Waals surface area contributed by atoms with Crippen molar-refractivity contribution in [2.75, 3.05) is 4.90 Å². The number of rotatable bonds is 2. The molecule has 2 aliphatic carbocycles. The van der Waals surface area contributed by atoms with Crippen LogP contribution < -0.4 is 9.77 Å². The lowest BCUT2D eigenvalue weighted by Gasteiger charge is -2.43. The number of hydrogen-bond donors (Lipinski definition) is 1. The quantitative estimate of drug-likeness (QED) is 0.521. The Balaban J connectivity index is 1.33. The van der Waals surface area contributed by atoms with Crippen LogP contribution in [0.15, 0.2) is 64.4 Å². The SMILES string of the molecule is O=C1[C@@H]2[C@@H]3C[C@H]([C@H]4Sc5[nH]c(=O)sc5[C@H](c5ccccc5)[C@H]34)[C@@H]2C(=O)N1c1ccc(Cl)cc1. The van der Waals surface area contributed by atoms with E-state index in [2.05, 4.69) is 17.1 Å². The van der Waals surface area contributed by atoms with Crippen molar-refractivity contribution in [3.63, 3.8) is 0 Å². The molecule has 0 unspecified atom stereocenters. The van der Waals surface area contributed by atoms with Crippen LogP contribution >= 0.6 is 34.7 Å². The zero-order valence-corrected chi connectivity index (χ0v) is 19.7. The van der Waals surface area contributed by atoms with Gasteiger partial charge in [-0.05, 0) is 54.0 Å². The van der Waals surface area contributed by atoms with Gasteiger partial charge in [-0.25, -0.2) is 0 Å². The summed E-state index contributed by atoms with van der Waals surface area (Å²) in [5, 5.41) is 1.73. The summed E-state index contributed by atoms with van der Waals surface area (Å²) in [5.74, 6) is -0.181. The number of amides is 2. The van der Waals surface area contributed by atoms with Gasteiger partial charge in [0.15, 0.2) is 0 Å². The third kappa shape index (κ3) is 2.70. The van der Waals surface area contributed by atoms with Crippen molar-refractivity contribution in [1.29, 1.82) is 0 Å². The summed E-state index contributed by atoms with van der Waals surface area (Å²) in [6, 6.07) is 17.2. The molecule has 2 saturated carbocycles. The van der Waals surface area contributed by atoms with Crippen molar-refractivity contribution in [2.45, 2.75) is 22.6 Å². The summed E-state index contributed by atoms with van der Waals surface area (Å²) in [6.45, 7) is 0. The molecule has 2 aromatic carbocycles. The lowest BCUT2D eigenvalue weighted by atomic mass is 9.68. The van der Waals surface area contributed by atoms with E-state index in [0.717, 1.165) is 16.3 Å². The summed E-state index contributed by atoms with van der Waals surface area (Å²) < 4.78 is 0. The molecule has 7 rings (SSSR count). The largest absolute Gasteiger partial charge is 0.307 e. The molecule has 1 N–H and O–H groups in total. The fourth-order valence-corrected chi connectivity index (χ4v) is 9.91. The molecule has 2 aliphatic heterocycles. The minimum Gasteiger partial charge on any atom is -0.307 e. The number of benzene rings is 2. The van der Waals surface area contributed by atoms with Crippen molar-refractivity contribution in [1.82, 2.24) is 4.98 Å². The van der Waals surface area contributed by atoms with E-state index in [1.54, 1.807) is 36.0 Å². The van der Waals surface area contributed by atoms with Gasteiger partial charge >= 0.3 is 4.87 Å². The van der Waals surface area contributed by atoms with Gasteiger partial charge in [-0.15, -0.1) is 11.8 Å². The maximum atomic E-state index is 13.7. The van der Waals surface area contributed by atoms with Gasteiger partial charge in [-0.3, -0.25) is 19.3 Å². The number of H-pyrrole nitrogens is 1. The van der Waals surface area contributed by atoms with Crippen molar-refractivity contribution in [3.8, 4) is 0 Å². The second-order valence-corrected chi connectivity index (χ2v) is 12.0. The molecular formula is C25H19ClN2O3S2. The molecule has 1 aromatic heterocycles. The number of nitrogens with one attached hydrogen (secondary N) is 1. The predicted molar refractivity (Wildman–Crippen MR) is 129 cm³/mol. The molecule has 4 aliphatic rings. The molecular weight excluding hydrogens is 476 g/mol. The topological polar surface area (TPSA) is 70.2 Å². The number of carbonyl (C=O) groups is 2. The molecule has 0 radical (unpaired) electrons. The number of thioether (sulfide) groups is 1. The molecule has 3 aromatic rings. The van der Waals surface area contributed by atoms with E-state index in [0.29, 0.717) is 10.7 Å². The van der Waals surface area contributed by atoms with Gasteiger partial charge in [-0.2, -0.15) is 0 Å². The number of carbonyl (C=O) groups excluding carboxylic acids is 2. The fourth-order valence-electron chi connectivity index (χ4n) is 6.90. The summed E-state index contributed by atoms with van der Waals surface area (Å²) in [7, 11) is 0. The smallest absolute Gasteiger partial charge is 0.305 e. The highest BCUT2D eigenvalue weighted by molar-refractivity contribution is 8.00. The van der Waals surface area contributed by atoms with Crippen molar-refractivity contribution < 1.29 is 9.59 Å². The fraction of sp³-hybridized carbons (Fsp3) is 0.320. The van der Waals surface area contributed by atoms with E-state index in [-0.39, 0.29) is 57.4 Å². The number of aromatic amines is 1. The summed E-state index contributed by atoms with van der Waals surface area (Å²) >= 11 is 9.03. The number of thiazole rings is 1. The first-order chi connectivity index (χ1) is 16.0. The Kier molecular flexibility index (Phi) is 4.30. The Morgan fingerprint density at radius 2 is 1.61 bits per heavy atom. The van der Waals surface area contributed by atoms with Crippen LogP contribution in [-0.4, -0.2) is 22.0 Å². The Morgan fingerprint density at radius 3 is 2.33 bits per heavy atom. The van der Waals surface area contributed by atoms with Crippen LogP contribution in [0.3, 0.4) is 0 Å². The highest BCUT2D eigenvalue weighted by atomic mass is 35.5. The van der Waals surface area contributed by atoms with E-state index in [4.69, 9.17) is 11.6 Å². The van der Waals surface area contributed by atoms with Gasteiger partial charge < -0.3 is 4.98 Å². The zero-order chi connectivity index (χ0) is 22.4. The number of fused-ring (bicyclic) bond motifs is 9. The second kappa shape index (κ2) is 7.08. The van der Waals surface area contributed by atoms with Crippen molar-refractivity contribution >= 4 is 52.2 Å². The number of hydrogen-bond acceptors (Lipinski definition) is 5. The molecule has 7 atom stereocenters. The van der Waals surface area contributed by atoms with Gasteiger partial charge in [0.25, 0.3) is 0 Å². The molecule has 1 saturated heterocycles. The summed E-state index contributed by atoms with van der Waals surface area (Å²) in [5.41, 5.74) is 1.78. The van der Waals surface area contributed by atoms with E-state index in [1.807, 2.05) is 18.2 Å². The maximum absolute atomic E-state index is 13.7. The number of halogens is 1. The normalized spacial score (nSPS) is 33.8. The van der Waals surface area contributed by atoms with E-state index < -0.39 is 0 Å². The maximum Gasteiger partial charge on any atom is 0.305 e. The standard InChI is InChI=1S/C25H19ClN2O3S2/c26-12-6-8-13(9-7-12)28-23(29)18-14-10-15(19(18)24(28)30)20-17(14)16(11-4-2-1-3-5-11)21-22(32-20)27-25(31)33-21/h1-9,14-20H,10H2,(H,27,31)/t14-,15+,16-,17+,18-,19+,20-/m1/s1. The summed E-state index contributed by atoms with van der Waals surface area (Å²) in [4.78, 5) is 45.0. The number of anilines is 1. The monoisotopic (exact) mass is 494 g/mol. The van der Waals surface area contributed by atoms with Crippen LogP contribution in [0, 0.1) is 29.6 Å². The Labute approximate surface area is 203 Å². The minimum atomic E-state index is -0.288. The van der Waals surface area contributed by atoms with Gasteiger partial charge in [0.2, 0.25) is 11.8 Å². The van der Waals surface area contributed by atoms with Gasteiger partial charge in [0, 0.05) is 21.1 Å². The third-order valence-corrected chi connectivity index (χ3v) is 10.8. The highest BCUT2D eigenvalue weighted by Gasteiger charge is 2.69. The molecule has 2 bridgehead atoms. The first-order valence-corrected chi connectivity index (χ1v) is 13.2. The highest BCUT2D eigenvalue weighted by Crippen LogP contribution is 2.68. The van der Waals surface area contributed by atoms with Crippen molar-refractivity contribution in [2.24, 2.45) is 29.6 Å². The number of nitrogens with zero attached hydrogens (tertiary/aromatic N) is 1. The molecule has 0 spiro atoms. The van der Waals surface area contributed by atoms with E-state index in [9.17, 15) is 14.4 Å². The van der Waals surface area contributed by atoms with Crippen LogP contribution in [0.4, 0.5) is 5.69 Å². The average molecular weight is 495 g/mol. The Morgan fingerprint density at radius 1 is 0.909 bits per heavy atom. The Bertz CT molecular complexity index is 1350. The lowest BCUT2D eigenvalue weighted by molar-refractivity contribution is -0.123. The lowest BCUT2D eigenvalue weighted by Crippen LogP contribution is -2.42. The minimum absolute atomic E-state index is 0.0398. The molecule has 166 valence electrons. The average Bonchev–Trinajstić information content (AvgIpc) is 3.54. The number of imide groups is 1. The van der Waals surface area contributed by atoms with Crippen LogP contribution in [-0.2, 0) is 9.59 Å². The summed E-state index contributed by atoms with van der Waals surface area (Å²) in [6.07, 6.45) is 0.895. The molecule has 3 fully saturated rings. The van der Waals surface area contributed by atoms with Crippen LogP contribution in [0.25, 0.3) is 0 Å². The molecule has 33 heavy (non-hydrogen) atoms. The Hall–Kier alpha value is -2.35. The second-order valence-electron chi connectivity index (χ2n) is 9.36. The van der Waals surface area contributed by atoms with Crippen LogP contribution in [0.1, 0.15) is 22.8 Å². The van der Waals surface area contributed by atoms with Crippen molar-refractivity contribution in [3.05, 3.63) is 79.7 Å². The van der Waals surface area contributed by atoms with Gasteiger partial charge in [0.05, 0.1) is 22.5 Å². The van der Waals surface area contributed by atoms with E-state index in [1.165, 1.54) is 21.8 Å². The molecule has 2 amide bonds. The van der Waals surface area contributed by atoms with Gasteiger partial charge in [0.1, 0.15) is 0 Å². The molecule has 3 heterocycles. The first-order valence-electron chi connectivity index (χ1n) is 11.1. The number of aromatic nitrogens is 1. The predicted octanol–water partition coefficient (Wildman–Crippen LogP) is 4.77. The van der Waals surface area contributed by atoms with Crippen LogP contribution in [0.5, 0.6) is 0 Å². The molecule has 8 heteroatoms. The third-order valence-electron chi connectivity index (χ3n) is 7.97. The van der Waals surface area contributed by atoms with Crippen LogP contribution in [0.2, 0.25) is 5.02 Å². The first kappa shape index (κ1) is 20.1. The zero-order valence-electron chi connectivity index (χ0n) is 17.3. The molecule has 5 nitrogen and oxygen atoms in total. The van der Waals surface area contributed by atoms with E-state index >= 15 is 0 Å².